The van der Waals surface area contributed by atoms with Crippen LogP contribution in [-0.2, 0) is 0 Å². The van der Waals surface area contributed by atoms with Gasteiger partial charge in [0.2, 0.25) is 6.79 Å². The van der Waals surface area contributed by atoms with Gasteiger partial charge in [-0.05, 0) is 29.8 Å². The number of benzene rings is 2. The molecule has 1 unspecified atom stereocenters. The van der Waals surface area contributed by atoms with Crippen molar-refractivity contribution in [3.8, 4) is 11.5 Å². The number of nitrogens with one attached hydrogen (secondary N) is 1. The van der Waals surface area contributed by atoms with Crippen LogP contribution in [0.15, 0.2) is 53.1 Å². The summed E-state index contributed by atoms with van der Waals surface area (Å²) in [6.07, 6.45) is -1.16. The molecule has 1 aliphatic rings. The molecule has 2 aromatic carbocycles. The average Bonchev–Trinajstić information content (AvgIpc) is 3.31. The number of aliphatic hydroxyl groups is 1. The van der Waals surface area contributed by atoms with Crippen molar-refractivity contribution in [1.29, 1.82) is 0 Å². The number of halogens is 1. The lowest BCUT2D eigenvalue weighted by Crippen LogP contribution is -2.12. The van der Waals surface area contributed by atoms with E-state index in [0.717, 1.165) is 0 Å². The summed E-state index contributed by atoms with van der Waals surface area (Å²) in [5.74, 6) is 0.296. The number of carbonyl (C=O) groups excluding carboxylic acids is 1. The van der Waals surface area contributed by atoms with Gasteiger partial charge in [0.15, 0.2) is 23.0 Å². The lowest BCUT2D eigenvalue weighted by atomic mass is 10.1. The summed E-state index contributed by atoms with van der Waals surface area (Å²) in [6, 6.07) is 11.6. The molecule has 0 fully saturated rings. The van der Waals surface area contributed by atoms with Crippen molar-refractivity contribution in [2.45, 2.75) is 6.10 Å². The zero-order chi connectivity index (χ0) is 18.1. The third kappa shape index (κ3) is 3.09. The first kappa shape index (κ1) is 16.1. The Hall–Kier alpha value is -3.39. The van der Waals surface area contributed by atoms with E-state index < -0.39 is 17.8 Å². The summed E-state index contributed by atoms with van der Waals surface area (Å²) in [6.45, 7) is 0.140. The third-order valence-corrected chi connectivity index (χ3v) is 3.85. The molecule has 0 saturated heterocycles. The van der Waals surface area contributed by atoms with Crippen molar-refractivity contribution < 1.29 is 28.3 Å². The molecule has 1 aliphatic heterocycles. The van der Waals surface area contributed by atoms with Crippen LogP contribution in [0.25, 0.3) is 0 Å². The Balaban J connectivity index is 1.48. The molecule has 0 spiro atoms. The van der Waals surface area contributed by atoms with Gasteiger partial charge < -0.3 is 24.4 Å². The summed E-state index contributed by atoms with van der Waals surface area (Å²) >= 11 is 0. The molecule has 4 rings (SSSR count). The van der Waals surface area contributed by atoms with Gasteiger partial charge in [-0.3, -0.25) is 4.79 Å². The second kappa shape index (κ2) is 6.49. The van der Waals surface area contributed by atoms with Crippen LogP contribution >= 0.6 is 0 Å². The number of anilines is 1. The van der Waals surface area contributed by atoms with E-state index in [9.17, 15) is 14.3 Å². The summed E-state index contributed by atoms with van der Waals surface area (Å²) in [5.41, 5.74) is 0.923. The number of nitrogens with zero attached hydrogens (tertiary/aromatic N) is 1. The van der Waals surface area contributed by atoms with Crippen LogP contribution in [0.5, 0.6) is 11.5 Å². The molecule has 2 heterocycles. The molecule has 0 saturated carbocycles. The van der Waals surface area contributed by atoms with Gasteiger partial charge in [-0.15, -0.1) is 0 Å². The number of ether oxygens (including phenoxy) is 2. The topological polar surface area (TPSA) is 93.8 Å². The number of fused-ring (bicyclic) bond motifs is 1. The predicted octanol–water partition coefficient (Wildman–Crippen LogP) is 2.88. The Kier molecular flexibility index (Phi) is 4.02. The van der Waals surface area contributed by atoms with Crippen LogP contribution in [0, 0.1) is 5.82 Å². The fourth-order valence-corrected chi connectivity index (χ4v) is 2.50. The van der Waals surface area contributed by atoms with Crippen molar-refractivity contribution in [3.63, 3.8) is 0 Å². The highest BCUT2D eigenvalue weighted by atomic mass is 19.1. The molecular weight excluding hydrogens is 343 g/mol. The Morgan fingerprint density at radius 3 is 2.69 bits per heavy atom. The molecule has 132 valence electrons. The van der Waals surface area contributed by atoms with Gasteiger partial charge in [0.25, 0.3) is 5.91 Å². The minimum Gasteiger partial charge on any atom is -0.454 e. The summed E-state index contributed by atoms with van der Waals surface area (Å²) < 4.78 is 28.5. The number of hydrogen-bond donors (Lipinski definition) is 2. The highest BCUT2D eigenvalue weighted by Crippen LogP contribution is 2.34. The zero-order valence-electron chi connectivity index (χ0n) is 13.3. The largest absolute Gasteiger partial charge is 0.454 e. The van der Waals surface area contributed by atoms with E-state index in [4.69, 9.17) is 14.0 Å². The van der Waals surface area contributed by atoms with Crippen molar-refractivity contribution in [2.75, 3.05) is 12.1 Å². The van der Waals surface area contributed by atoms with Crippen molar-refractivity contribution in [1.82, 2.24) is 5.16 Å². The van der Waals surface area contributed by atoms with Crippen LogP contribution < -0.4 is 14.8 Å². The Morgan fingerprint density at radius 2 is 1.88 bits per heavy atom. The maximum absolute atomic E-state index is 13.0. The van der Waals surface area contributed by atoms with E-state index in [1.165, 1.54) is 30.3 Å². The lowest BCUT2D eigenvalue weighted by Gasteiger charge is -2.06. The molecule has 3 aromatic rings. The lowest BCUT2D eigenvalue weighted by molar-refractivity contribution is 0.101. The number of aliphatic hydroxyl groups excluding tert-OH is 1. The highest BCUT2D eigenvalue weighted by molar-refractivity contribution is 6.03. The molecule has 26 heavy (non-hydrogen) atoms. The van der Waals surface area contributed by atoms with E-state index >= 15 is 0 Å². The fourth-order valence-electron chi connectivity index (χ4n) is 2.50. The van der Waals surface area contributed by atoms with E-state index in [0.29, 0.717) is 22.7 Å². The average molecular weight is 356 g/mol. The SMILES string of the molecule is O=C(Nc1ccc2c(c1)OCO2)c1cc(C(O)c2ccc(F)cc2)on1. The van der Waals surface area contributed by atoms with Gasteiger partial charge in [0, 0.05) is 17.8 Å². The minimum atomic E-state index is -1.16. The second-order valence-electron chi connectivity index (χ2n) is 5.59. The van der Waals surface area contributed by atoms with Crippen LogP contribution in [0.4, 0.5) is 10.1 Å². The maximum Gasteiger partial charge on any atom is 0.277 e. The van der Waals surface area contributed by atoms with Gasteiger partial charge in [-0.1, -0.05) is 17.3 Å². The first-order valence-electron chi connectivity index (χ1n) is 7.71. The summed E-state index contributed by atoms with van der Waals surface area (Å²) in [5, 5.41) is 16.6. The fraction of sp³-hybridized carbons (Fsp3) is 0.111. The molecule has 0 bridgehead atoms. The molecule has 0 radical (unpaired) electrons. The van der Waals surface area contributed by atoms with Gasteiger partial charge in [-0.2, -0.15) is 0 Å². The second-order valence-corrected chi connectivity index (χ2v) is 5.59. The van der Waals surface area contributed by atoms with Crippen molar-refractivity contribution in [3.05, 3.63) is 71.4 Å². The van der Waals surface area contributed by atoms with E-state index in [-0.39, 0.29) is 18.2 Å². The van der Waals surface area contributed by atoms with Crippen LogP contribution in [-0.4, -0.2) is 23.0 Å². The number of rotatable bonds is 4. The first-order chi connectivity index (χ1) is 12.6. The standard InChI is InChI=1S/C18H13FN2O5/c19-11-3-1-10(2-4-11)17(22)16-8-13(21-26-16)18(23)20-12-5-6-14-15(7-12)25-9-24-14/h1-8,17,22H,9H2,(H,20,23). The highest BCUT2D eigenvalue weighted by Gasteiger charge is 2.20. The predicted molar refractivity (Wildman–Crippen MR) is 87.5 cm³/mol. The molecular formula is C18H13FN2O5. The van der Waals surface area contributed by atoms with Crippen molar-refractivity contribution in [2.24, 2.45) is 0 Å². The molecule has 1 amide bonds. The van der Waals surface area contributed by atoms with E-state index in [1.807, 2.05) is 0 Å². The van der Waals surface area contributed by atoms with Crippen LogP contribution in [0.2, 0.25) is 0 Å². The molecule has 0 aliphatic carbocycles. The zero-order valence-corrected chi connectivity index (χ0v) is 13.3. The van der Waals surface area contributed by atoms with Gasteiger partial charge in [-0.25, -0.2) is 4.39 Å². The Bertz CT molecular complexity index is 954. The van der Waals surface area contributed by atoms with Gasteiger partial charge in [0.05, 0.1) is 0 Å². The minimum absolute atomic E-state index is 0.00108. The van der Waals surface area contributed by atoms with Gasteiger partial charge >= 0.3 is 0 Å². The van der Waals surface area contributed by atoms with E-state index in [1.54, 1.807) is 18.2 Å². The Labute approximate surface area is 146 Å². The number of hydrogen-bond acceptors (Lipinski definition) is 6. The monoisotopic (exact) mass is 356 g/mol. The maximum atomic E-state index is 13.0. The molecule has 1 aromatic heterocycles. The summed E-state index contributed by atoms with van der Waals surface area (Å²) in [4.78, 5) is 12.3. The van der Waals surface area contributed by atoms with E-state index in [2.05, 4.69) is 10.5 Å². The first-order valence-corrected chi connectivity index (χ1v) is 7.71. The summed E-state index contributed by atoms with van der Waals surface area (Å²) in [7, 11) is 0. The quantitative estimate of drug-likeness (QED) is 0.747. The van der Waals surface area contributed by atoms with Crippen molar-refractivity contribution >= 4 is 11.6 Å². The Morgan fingerprint density at radius 1 is 1.12 bits per heavy atom. The molecule has 1 atom stereocenters. The third-order valence-electron chi connectivity index (χ3n) is 3.85. The normalized spacial score (nSPS) is 13.5. The van der Waals surface area contributed by atoms with Crippen LogP contribution in [0.3, 0.4) is 0 Å². The van der Waals surface area contributed by atoms with Crippen LogP contribution in [0.1, 0.15) is 27.9 Å². The molecule has 7 nitrogen and oxygen atoms in total. The number of carbonyl (C=O) groups is 1. The smallest absolute Gasteiger partial charge is 0.277 e. The molecule has 8 heteroatoms. The number of aromatic nitrogens is 1. The van der Waals surface area contributed by atoms with Gasteiger partial charge in [0.1, 0.15) is 11.9 Å². The number of amides is 1. The molecule has 2 N–H and O–H groups in total.